The maximum absolute atomic E-state index is 13.5. The minimum absolute atomic E-state index is 0.113. The zero-order valence-corrected chi connectivity index (χ0v) is 19.6. The SMILES string of the molecule is COc1cc2cc(CCc3ccccc3)c(=O)n(CC(=O)Nc3ccccc3C)c2cc1OC. The van der Waals surface area contributed by atoms with Gasteiger partial charge in [-0.1, -0.05) is 48.5 Å². The van der Waals surface area contributed by atoms with Crippen molar-refractivity contribution >= 4 is 22.5 Å². The molecule has 0 radical (unpaired) electrons. The van der Waals surface area contributed by atoms with E-state index in [-0.39, 0.29) is 18.0 Å². The van der Waals surface area contributed by atoms with E-state index in [2.05, 4.69) is 5.32 Å². The zero-order valence-electron chi connectivity index (χ0n) is 19.6. The van der Waals surface area contributed by atoms with Crippen LogP contribution in [-0.4, -0.2) is 24.7 Å². The topological polar surface area (TPSA) is 69.6 Å². The van der Waals surface area contributed by atoms with Crippen LogP contribution in [0.4, 0.5) is 5.69 Å². The number of carbonyl (C=O) groups is 1. The number of amides is 1. The Kier molecular flexibility index (Phi) is 6.97. The summed E-state index contributed by atoms with van der Waals surface area (Å²) in [7, 11) is 3.12. The minimum atomic E-state index is -0.271. The number of benzene rings is 3. The quantitative estimate of drug-likeness (QED) is 0.415. The number of pyridine rings is 1. The Balaban J connectivity index is 1.75. The highest BCUT2D eigenvalue weighted by Gasteiger charge is 2.16. The summed E-state index contributed by atoms with van der Waals surface area (Å²) >= 11 is 0. The maximum Gasteiger partial charge on any atom is 0.254 e. The van der Waals surface area contributed by atoms with Gasteiger partial charge in [-0.15, -0.1) is 0 Å². The number of carbonyl (C=O) groups excluding carboxylic acids is 1. The van der Waals surface area contributed by atoms with Gasteiger partial charge in [0.2, 0.25) is 5.91 Å². The molecule has 0 atom stereocenters. The van der Waals surface area contributed by atoms with Crippen LogP contribution in [0.2, 0.25) is 0 Å². The summed E-state index contributed by atoms with van der Waals surface area (Å²) in [5.74, 6) is 0.797. The van der Waals surface area contributed by atoms with Crippen LogP contribution >= 0.6 is 0 Å². The molecule has 0 aliphatic heterocycles. The first-order valence-electron chi connectivity index (χ1n) is 11.2. The lowest BCUT2D eigenvalue weighted by Crippen LogP contribution is -2.30. The van der Waals surface area contributed by atoms with Crippen LogP contribution in [0.5, 0.6) is 11.5 Å². The highest BCUT2D eigenvalue weighted by atomic mass is 16.5. The van der Waals surface area contributed by atoms with Crippen LogP contribution in [0, 0.1) is 6.92 Å². The molecule has 174 valence electrons. The number of hydrogen-bond donors (Lipinski definition) is 1. The molecule has 0 aliphatic carbocycles. The number of anilines is 1. The summed E-state index contributed by atoms with van der Waals surface area (Å²) in [4.78, 5) is 26.5. The molecule has 1 N–H and O–H groups in total. The Labute approximate surface area is 198 Å². The fourth-order valence-electron chi connectivity index (χ4n) is 4.07. The zero-order chi connectivity index (χ0) is 24.1. The molecule has 0 unspecified atom stereocenters. The van der Waals surface area contributed by atoms with Gasteiger partial charge in [-0.2, -0.15) is 0 Å². The van der Waals surface area contributed by atoms with Gasteiger partial charge in [0.15, 0.2) is 11.5 Å². The van der Waals surface area contributed by atoms with Gasteiger partial charge >= 0.3 is 0 Å². The monoisotopic (exact) mass is 456 g/mol. The van der Waals surface area contributed by atoms with E-state index >= 15 is 0 Å². The van der Waals surface area contributed by atoms with Gasteiger partial charge in [0, 0.05) is 22.7 Å². The highest BCUT2D eigenvalue weighted by molar-refractivity contribution is 5.93. The van der Waals surface area contributed by atoms with E-state index in [1.807, 2.05) is 73.7 Å². The normalized spacial score (nSPS) is 10.8. The van der Waals surface area contributed by atoms with Crippen molar-refractivity contribution in [2.75, 3.05) is 19.5 Å². The van der Waals surface area contributed by atoms with Crippen LogP contribution in [0.25, 0.3) is 10.9 Å². The van der Waals surface area contributed by atoms with Crippen LogP contribution in [-0.2, 0) is 24.2 Å². The number of methoxy groups -OCH3 is 2. The van der Waals surface area contributed by atoms with Crippen molar-refractivity contribution in [2.24, 2.45) is 0 Å². The van der Waals surface area contributed by atoms with Crippen molar-refractivity contribution < 1.29 is 14.3 Å². The number of para-hydroxylation sites is 1. The first-order chi connectivity index (χ1) is 16.5. The van der Waals surface area contributed by atoms with Crippen LogP contribution < -0.4 is 20.3 Å². The molecule has 0 saturated carbocycles. The molecular formula is C28H28N2O4. The van der Waals surface area contributed by atoms with Crippen LogP contribution in [0.3, 0.4) is 0 Å². The Hall–Kier alpha value is -4.06. The van der Waals surface area contributed by atoms with Crippen molar-refractivity contribution in [1.29, 1.82) is 0 Å². The Morgan fingerprint density at radius 3 is 2.26 bits per heavy atom. The number of nitrogens with one attached hydrogen (secondary N) is 1. The van der Waals surface area contributed by atoms with E-state index in [4.69, 9.17) is 9.47 Å². The van der Waals surface area contributed by atoms with Crippen molar-refractivity contribution in [2.45, 2.75) is 26.3 Å². The van der Waals surface area contributed by atoms with Crippen LogP contribution in [0.15, 0.2) is 77.6 Å². The molecule has 0 fully saturated rings. The number of aromatic nitrogens is 1. The number of rotatable bonds is 8. The van der Waals surface area contributed by atoms with Gasteiger partial charge in [-0.25, -0.2) is 0 Å². The van der Waals surface area contributed by atoms with Gasteiger partial charge in [0.05, 0.1) is 19.7 Å². The summed E-state index contributed by atoms with van der Waals surface area (Å²) in [6.07, 6.45) is 1.29. The Morgan fingerprint density at radius 2 is 1.56 bits per heavy atom. The second-order valence-electron chi connectivity index (χ2n) is 8.18. The molecule has 1 amide bonds. The van der Waals surface area contributed by atoms with Gasteiger partial charge in [-0.3, -0.25) is 14.2 Å². The summed E-state index contributed by atoms with van der Waals surface area (Å²) in [5.41, 5.74) is 3.91. The lowest BCUT2D eigenvalue weighted by Gasteiger charge is -2.16. The third kappa shape index (κ3) is 4.96. The molecule has 6 nitrogen and oxygen atoms in total. The molecule has 0 saturated heterocycles. The van der Waals surface area contributed by atoms with Crippen molar-refractivity contribution in [3.8, 4) is 11.5 Å². The van der Waals surface area contributed by atoms with Gasteiger partial charge in [-0.05, 0) is 49.1 Å². The molecule has 0 spiro atoms. The molecular weight excluding hydrogens is 428 g/mol. The van der Waals surface area contributed by atoms with Crippen molar-refractivity contribution in [3.63, 3.8) is 0 Å². The first-order valence-corrected chi connectivity index (χ1v) is 11.2. The number of ether oxygens (including phenoxy) is 2. The van der Waals surface area contributed by atoms with Crippen molar-refractivity contribution in [1.82, 2.24) is 4.57 Å². The fourth-order valence-corrected chi connectivity index (χ4v) is 4.07. The number of nitrogens with zero attached hydrogens (tertiary/aromatic N) is 1. The predicted octanol–water partition coefficient (Wildman–Crippen LogP) is 4.75. The Morgan fingerprint density at radius 1 is 0.882 bits per heavy atom. The van der Waals surface area contributed by atoms with Crippen LogP contribution in [0.1, 0.15) is 16.7 Å². The second-order valence-corrected chi connectivity index (χ2v) is 8.18. The molecule has 0 bridgehead atoms. The molecule has 3 aromatic carbocycles. The first kappa shape index (κ1) is 23.1. The second kappa shape index (κ2) is 10.3. The minimum Gasteiger partial charge on any atom is -0.493 e. The number of hydrogen-bond acceptors (Lipinski definition) is 4. The van der Waals surface area contributed by atoms with E-state index in [1.165, 1.54) is 4.57 Å². The molecule has 0 aliphatic rings. The largest absolute Gasteiger partial charge is 0.493 e. The number of aryl methyl sites for hydroxylation is 3. The lowest BCUT2D eigenvalue weighted by molar-refractivity contribution is -0.116. The van der Waals surface area contributed by atoms with E-state index in [0.29, 0.717) is 29.0 Å². The van der Waals surface area contributed by atoms with E-state index in [9.17, 15) is 9.59 Å². The molecule has 1 heterocycles. The van der Waals surface area contributed by atoms with Crippen molar-refractivity contribution in [3.05, 3.63) is 99.8 Å². The van der Waals surface area contributed by atoms with Gasteiger partial charge in [0.1, 0.15) is 6.54 Å². The Bertz CT molecular complexity index is 1380. The molecule has 4 rings (SSSR count). The third-order valence-electron chi connectivity index (χ3n) is 5.92. The summed E-state index contributed by atoms with van der Waals surface area (Å²) in [6.45, 7) is 1.82. The van der Waals surface area contributed by atoms with Gasteiger partial charge in [0.25, 0.3) is 5.56 Å². The van der Waals surface area contributed by atoms with E-state index < -0.39 is 0 Å². The average Bonchev–Trinajstić information content (AvgIpc) is 2.86. The molecule has 6 heteroatoms. The van der Waals surface area contributed by atoms with E-state index in [1.54, 1.807) is 20.3 Å². The van der Waals surface area contributed by atoms with Gasteiger partial charge < -0.3 is 14.8 Å². The standard InChI is InChI=1S/C28H28N2O4/c1-19-9-7-8-12-23(19)29-27(31)18-30-24-17-26(34-3)25(33-2)16-22(24)15-21(28(30)32)14-13-20-10-5-4-6-11-20/h4-12,15-17H,13-14,18H2,1-3H3,(H,29,31). The summed E-state index contributed by atoms with van der Waals surface area (Å²) in [6, 6.07) is 23.1. The summed E-state index contributed by atoms with van der Waals surface area (Å²) < 4.78 is 12.4. The molecule has 34 heavy (non-hydrogen) atoms. The average molecular weight is 457 g/mol. The molecule has 1 aromatic heterocycles. The predicted molar refractivity (Wildman–Crippen MR) is 135 cm³/mol. The molecule has 4 aromatic rings. The lowest BCUT2D eigenvalue weighted by atomic mass is 10.0. The fraction of sp³-hybridized carbons (Fsp3) is 0.214. The highest BCUT2D eigenvalue weighted by Crippen LogP contribution is 2.32. The third-order valence-corrected chi connectivity index (χ3v) is 5.92. The maximum atomic E-state index is 13.5. The van der Waals surface area contributed by atoms with E-state index in [0.717, 1.165) is 28.6 Å². The summed E-state index contributed by atoms with van der Waals surface area (Å²) in [5, 5.41) is 3.73. The number of fused-ring (bicyclic) bond motifs is 1. The smallest absolute Gasteiger partial charge is 0.254 e.